The molecule has 19 heavy (non-hydrogen) atoms. The lowest BCUT2D eigenvalue weighted by Gasteiger charge is -2.24. The largest absolute Gasteiger partial charge is 0.292 e. The molecule has 0 spiro atoms. The molecule has 0 bridgehead atoms. The van der Waals surface area contributed by atoms with Crippen molar-refractivity contribution in [3.05, 3.63) is 0 Å². The summed E-state index contributed by atoms with van der Waals surface area (Å²) in [5.74, 6) is 2.45. The summed E-state index contributed by atoms with van der Waals surface area (Å²) in [7, 11) is 0. The maximum atomic E-state index is 12.3. The summed E-state index contributed by atoms with van der Waals surface area (Å²) in [5, 5.41) is 3.13. The van der Waals surface area contributed by atoms with Gasteiger partial charge >= 0.3 is 0 Å². The highest BCUT2D eigenvalue weighted by Crippen LogP contribution is 2.20. The van der Waals surface area contributed by atoms with Crippen LogP contribution in [0.3, 0.4) is 0 Å². The predicted molar refractivity (Wildman–Crippen MR) is 75.3 cm³/mol. The van der Waals surface area contributed by atoms with Crippen LogP contribution in [-0.2, 0) is 9.59 Å². The van der Waals surface area contributed by atoms with Gasteiger partial charge in [-0.05, 0) is 19.3 Å². The van der Waals surface area contributed by atoms with E-state index in [0.717, 1.165) is 25.7 Å². The zero-order chi connectivity index (χ0) is 14.4. The highest BCUT2D eigenvalue weighted by molar-refractivity contribution is 6.05. The quantitative estimate of drug-likeness (QED) is 0.562. The fourth-order valence-corrected chi connectivity index (χ4v) is 2.56. The van der Waals surface area contributed by atoms with Gasteiger partial charge in [0.1, 0.15) is 0 Å². The first-order valence-corrected chi connectivity index (χ1v) is 7.16. The zero-order valence-corrected chi connectivity index (χ0v) is 12.1. The number of nitrogens with zero attached hydrogens (tertiary/aromatic N) is 1. The number of amides is 2. The number of nitrogens with one attached hydrogen (secondary N) is 1. The summed E-state index contributed by atoms with van der Waals surface area (Å²) in [4.78, 5) is 25.7. The number of terminal acetylenes is 1. The molecule has 2 amide bonds. The topological polar surface area (TPSA) is 49.4 Å². The Morgan fingerprint density at radius 2 is 2.00 bits per heavy atom. The summed E-state index contributed by atoms with van der Waals surface area (Å²) >= 11 is 0. The molecule has 1 heterocycles. The second-order valence-electron chi connectivity index (χ2n) is 5.00. The van der Waals surface area contributed by atoms with Gasteiger partial charge in [0.15, 0.2) is 0 Å². The van der Waals surface area contributed by atoms with E-state index in [-0.39, 0.29) is 30.3 Å². The molecule has 2 atom stereocenters. The summed E-state index contributed by atoms with van der Waals surface area (Å²) in [6, 6.07) is -0.559. The summed E-state index contributed by atoms with van der Waals surface area (Å²) in [5.41, 5.74) is 0. The van der Waals surface area contributed by atoms with Crippen molar-refractivity contribution in [2.45, 2.75) is 71.0 Å². The summed E-state index contributed by atoms with van der Waals surface area (Å²) in [6.07, 6.45) is 9.04. The van der Waals surface area contributed by atoms with Crippen molar-refractivity contribution in [2.75, 3.05) is 0 Å². The third kappa shape index (κ3) is 3.57. The third-order valence-corrected chi connectivity index (χ3v) is 3.67. The van der Waals surface area contributed by atoms with E-state index in [9.17, 15) is 9.59 Å². The Morgan fingerprint density at radius 1 is 1.37 bits per heavy atom. The average Bonchev–Trinajstić information content (AvgIpc) is 2.67. The number of likely N-dealkylation sites (tertiary alicyclic amines) is 1. The van der Waals surface area contributed by atoms with Crippen molar-refractivity contribution >= 4 is 11.8 Å². The van der Waals surface area contributed by atoms with Gasteiger partial charge in [-0.25, -0.2) is 0 Å². The fraction of sp³-hybridized carbons (Fsp3) is 0.733. The normalized spacial score (nSPS) is 21.0. The number of imide groups is 1. The molecule has 0 aromatic rings. The molecular weight excluding hydrogens is 240 g/mol. The lowest BCUT2D eigenvalue weighted by molar-refractivity contribution is -0.141. The number of rotatable bonds is 7. The van der Waals surface area contributed by atoms with Crippen LogP contribution in [-0.4, -0.2) is 34.8 Å². The van der Waals surface area contributed by atoms with Crippen molar-refractivity contribution < 1.29 is 9.59 Å². The van der Waals surface area contributed by atoms with Gasteiger partial charge < -0.3 is 0 Å². The van der Waals surface area contributed by atoms with Gasteiger partial charge in [-0.3, -0.25) is 19.8 Å². The van der Waals surface area contributed by atoms with Gasteiger partial charge in [0.2, 0.25) is 11.8 Å². The van der Waals surface area contributed by atoms with Crippen LogP contribution in [0.15, 0.2) is 0 Å². The van der Waals surface area contributed by atoms with E-state index >= 15 is 0 Å². The van der Waals surface area contributed by atoms with Crippen molar-refractivity contribution in [3.63, 3.8) is 0 Å². The zero-order valence-electron chi connectivity index (χ0n) is 12.1. The van der Waals surface area contributed by atoms with E-state index in [1.54, 1.807) is 0 Å². The van der Waals surface area contributed by atoms with Crippen molar-refractivity contribution in [2.24, 2.45) is 0 Å². The van der Waals surface area contributed by atoms with Crippen molar-refractivity contribution in [1.82, 2.24) is 10.2 Å². The molecule has 2 unspecified atom stereocenters. The van der Waals surface area contributed by atoms with E-state index in [4.69, 9.17) is 6.42 Å². The third-order valence-electron chi connectivity index (χ3n) is 3.67. The Balaban J connectivity index is 2.72. The van der Waals surface area contributed by atoms with Crippen LogP contribution < -0.4 is 5.32 Å². The summed E-state index contributed by atoms with van der Waals surface area (Å²) < 4.78 is 0. The van der Waals surface area contributed by atoms with Gasteiger partial charge in [0.05, 0.1) is 18.5 Å². The van der Waals surface area contributed by atoms with Gasteiger partial charge in [-0.2, -0.15) is 0 Å². The first-order chi connectivity index (χ1) is 9.08. The van der Waals surface area contributed by atoms with Gasteiger partial charge in [-0.1, -0.05) is 33.1 Å². The van der Waals surface area contributed by atoms with Crippen molar-refractivity contribution in [3.8, 4) is 12.3 Å². The molecule has 1 aliphatic heterocycles. The van der Waals surface area contributed by atoms with E-state index in [1.807, 2.05) is 20.8 Å². The lowest BCUT2D eigenvalue weighted by atomic mass is 10.1. The highest BCUT2D eigenvalue weighted by Gasteiger charge is 2.41. The van der Waals surface area contributed by atoms with Gasteiger partial charge in [-0.15, -0.1) is 6.42 Å². The van der Waals surface area contributed by atoms with Crippen LogP contribution >= 0.6 is 0 Å². The van der Waals surface area contributed by atoms with Gasteiger partial charge in [0, 0.05) is 6.04 Å². The SMILES string of the molecule is C#CC(CCC)NC1CC(=O)N(C(CC)CC)C1=O. The van der Waals surface area contributed by atoms with E-state index < -0.39 is 6.04 Å². The van der Waals surface area contributed by atoms with Gasteiger partial charge in [0.25, 0.3) is 0 Å². The standard InChI is InChI=1S/C15H24N2O2/c1-5-9-11(6-2)16-13-10-14(18)17(15(13)19)12(7-3)8-4/h2,11-13,16H,5,7-10H2,1,3-4H3. The van der Waals surface area contributed by atoms with E-state index in [2.05, 4.69) is 11.2 Å². The molecule has 0 radical (unpaired) electrons. The molecule has 1 saturated heterocycles. The molecule has 0 aliphatic carbocycles. The number of carbonyl (C=O) groups is 2. The van der Waals surface area contributed by atoms with Crippen LogP contribution in [0.25, 0.3) is 0 Å². The molecule has 4 nitrogen and oxygen atoms in total. The van der Waals surface area contributed by atoms with E-state index in [0.29, 0.717) is 0 Å². The van der Waals surface area contributed by atoms with Crippen LogP contribution in [0.4, 0.5) is 0 Å². The Kier molecular flexibility index (Phi) is 6.04. The fourth-order valence-electron chi connectivity index (χ4n) is 2.56. The van der Waals surface area contributed by atoms with Crippen LogP contribution in [0.5, 0.6) is 0 Å². The minimum absolute atomic E-state index is 0.0160. The minimum atomic E-state index is -0.444. The maximum Gasteiger partial charge on any atom is 0.247 e. The second-order valence-corrected chi connectivity index (χ2v) is 5.00. The van der Waals surface area contributed by atoms with Crippen LogP contribution in [0.1, 0.15) is 52.9 Å². The molecule has 1 aliphatic rings. The number of hydrogen-bond donors (Lipinski definition) is 1. The molecular formula is C15H24N2O2. The second kappa shape index (κ2) is 7.30. The Bertz CT molecular complexity index is 369. The average molecular weight is 264 g/mol. The monoisotopic (exact) mass is 264 g/mol. The van der Waals surface area contributed by atoms with Crippen LogP contribution in [0, 0.1) is 12.3 Å². The summed E-state index contributed by atoms with van der Waals surface area (Å²) in [6.45, 7) is 6.04. The molecule has 0 saturated carbocycles. The lowest BCUT2D eigenvalue weighted by Crippen LogP contribution is -2.46. The number of carbonyl (C=O) groups excluding carboxylic acids is 2. The minimum Gasteiger partial charge on any atom is -0.292 e. The Hall–Kier alpha value is -1.34. The first-order valence-electron chi connectivity index (χ1n) is 7.16. The van der Waals surface area contributed by atoms with Crippen molar-refractivity contribution in [1.29, 1.82) is 0 Å². The molecule has 1 N–H and O–H groups in total. The molecule has 4 heteroatoms. The number of hydrogen-bond acceptors (Lipinski definition) is 3. The molecule has 1 fully saturated rings. The predicted octanol–water partition coefficient (Wildman–Crippen LogP) is 1.69. The molecule has 0 aromatic carbocycles. The maximum absolute atomic E-state index is 12.3. The van der Waals surface area contributed by atoms with Crippen LogP contribution in [0.2, 0.25) is 0 Å². The van der Waals surface area contributed by atoms with E-state index in [1.165, 1.54) is 4.90 Å². The molecule has 106 valence electrons. The molecule has 1 rings (SSSR count). The Labute approximate surface area is 115 Å². The highest BCUT2D eigenvalue weighted by atomic mass is 16.2. The molecule has 0 aromatic heterocycles. The smallest absolute Gasteiger partial charge is 0.247 e. The first kappa shape index (κ1) is 15.7. The Morgan fingerprint density at radius 3 is 2.47 bits per heavy atom.